The van der Waals surface area contributed by atoms with E-state index in [0.717, 1.165) is 29.0 Å². The number of amides is 3. The van der Waals surface area contributed by atoms with E-state index in [1.165, 1.54) is 0 Å². The van der Waals surface area contributed by atoms with E-state index < -0.39 is 0 Å². The average Bonchev–Trinajstić information content (AvgIpc) is 3.01. The van der Waals surface area contributed by atoms with Crippen molar-refractivity contribution < 1.29 is 14.3 Å². The van der Waals surface area contributed by atoms with Crippen molar-refractivity contribution in [3.8, 4) is 5.75 Å². The molecule has 1 atom stereocenters. The maximum atomic E-state index is 12.2. The molecule has 6 nitrogen and oxygen atoms in total. The van der Waals surface area contributed by atoms with E-state index in [9.17, 15) is 9.59 Å². The van der Waals surface area contributed by atoms with Crippen molar-refractivity contribution in [2.24, 2.45) is 0 Å². The zero-order chi connectivity index (χ0) is 19.2. The van der Waals surface area contributed by atoms with Crippen molar-refractivity contribution in [1.29, 1.82) is 0 Å². The summed E-state index contributed by atoms with van der Waals surface area (Å²) in [6.45, 7) is 3.12. The topological polar surface area (TPSA) is 70.7 Å². The number of carbonyl (C=O) groups excluding carboxylic acids is 2. The highest BCUT2D eigenvalue weighted by atomic mass is 16.5. The molecular weight excluding hydrogens is 342 g/mol. The summed E-state index contributed by atoms with van der Waals surface area (Å²) in [4.78, 5) is 26.3. The van der Waals surface area contributed by atoms with Gasteiger partial charge in [-0.1, -0.05) is 30.3 Å². The van der Waals surface area contributed by atoms with Crippen LogP contribution in [-0.2, 0) is 11.2 Å². The molecule has 2 aromatic carbocycles. The summed E-state index contributed by atoms with van der Waals surface area (Å²) in [5.74, 6) is 0.893. The zero-order valence-electron chi connectivity index (χ0n) is 15.7. The molecule has 1 aliphatic heterocycles. The van der Waals surface area contributed by atoms with Crippen LogP contribution in [0.1, 0.15) is 17.5 Å². The minimum absolute atomic E-state index is 0.0738. The van der Waals surface area contributed by atoms with Crippen LogP contribution in [0.2, 0.25) is 0 Å². The van der Waals surface area contributed by atoms with Gasteiger partial charge in [-0.15, -0.1) is 0 Å². The number of aryl methyl sites for hydroxylation is 1. The quantitative estimate of drug-likeness (QED) is 0.825. The molecule has 0 aliphatic carbocycles. The normalized spacial score (nSPS) is 16.3. The number of anilines is 1. The number of likely N-dealkylation sites (tertiary alicyclic amines) is 1. The van der Waals surface area contributed by atoms with Crippen LogP contribution in [0, 0.1) is 6.92 Å². The van der Waals surface area contributed by atoms with E-state index in [4.69, 9.17) is 4.74 Å². The second-order valence-electron chi connectivity index (χ2n) is 6.75. The van der Waals surface area contributed by atoms with Gasteiger partial charge in [-0.3, -0.25) is 4.79 Å². The van der Waals surface area contributed by atoms with E-state index in [0.29, 0.717) is 19.5 Å². The Morgan fingerprint density at radius 2 is 1.93 bits per heavy atom. The molecule has 0 aromatic heterocycles. The molecule has 0 radical (unpaired) electrons. The fourth-order valence-electron chi connectivity index (χ4n) is 3.20. The van der Waals surface area contributed by atoms with Crippen LogP contribution < -0.4 is 15.4 Å². The molecular formula is C21H25N3O3. The summed E-state index contributed by atoms with van der Waals surface area (Å²) < 4.78 is 5.15. The third kappa shape index (κ3) is 5.00. The van der Waals surface area contributed by atoms with Crippen LogP contribution in [0.25, 0.3) is 0 Å². The molecule has 142 valence electrons. The van der Waals surface area contributed by atoms with Crippen molar-refractivity contribution in [3.05, 3.63) is 59.7 Å². The van der Waals surface area contributed by atoms with E-state index >= 15 is 0 Å². The Bertz CT molecular complexity index is 805. The summed E-state index contributed by atoms with van der Waals surface area (Å²) in [6.07, 6.45) is 1.11. The van der Waals surface area contributed by atoms with Gasteiger partial charge in [-0.25, -0.2) is 4.79 Å². The van der Waals surface area contributed by atoms with Crippen molar-refractivity contribution in [2.75, 3.05) is 25.5 Å². The highest BCUT2D eigenvalue weighted by molar-refractivity contribution is 5.91. The number of para-hydroxylation sites is 1. The molecule has 0 bridgehead atoms. The lowest BCUT2D eigenvalue weighted by molar-refractivity contribution is -0.127. The molecule has 6 heteroatoms. The number of nitrogens with one attached hydrogen (secondary N) is 2. The number of methoxy groups -OCH3 is 1. The van der Waals surface area contributed by atoms with E-state index in [2.05, 4.69) is 10.6 Å². The first-order valence-electron chi connectivity index (χ1n) is 9.09. The fourth-order valence-corrected chi connectivity index (χ4v) is 3.20. The number of rotatable bonds is 6. The van der Waals surface area contributed by atoms with Gasteiger partial charge in [0.15, 0.2) is 0 Å². The predicted molar refractivity (Wildman–Crippen MR) is 105 cm³/mol. The molecule has 1 aliphatic rings. The Balaban J connectivity index is 1.48. The maximum Gasteiger partial charge on any atom is 0.319 e. The molecule has 3 rings (SSSR count). The van der Waals surface area contributed by atoms with Crippen molar-refractivity contribution >= 4 is 17.6 Å². The fraction of sp³-hybridized carbons (Fsp3) is 0.333. The minimum Gasteiger partial charge on any atom is -0.497 e. The molecule has 0 spiro atoms. The Kier molecular flexibility index (Phi) is 5.96. The molecule has 1 heterocycles. The lowest BCUT2D eigenvalue weighted by atomic mass is 10.1. The van der Waals surface area contributed by atoms with Gasteiger partial charge in [0, 0.05) is 25.2 Å². The van der Waals surface area contributed by atoms with E-state index in [1.807, 2.05) is 60.4 Å². The molecule has 2 N–H and O–H groups in total. The van der Waals surface area contributed by atoms with E-state index in [1.54, 1.807) is 7.11 Å². The van der Waals surface area contributed by atoms with Gasteiger partial charge in [0.05, 0.1) is 13.2 Å². The smallest absolute Gasteiger partial charge is 0.319 e. The summed E-state index contributed by atoms with van der Waals surface area (Å²) in [6, 6.07) is 15.0. The summed E-state index contributed by atoms with van der Waals surface area (Å²) in [5, 5.41) is 5.74. The number of urea groups is 1. The van der Waals surface area contributed by atoms with Crippen LogP contribution in [0.15, 0.2) is 48.5 Å². The average molecular weight is 367 g/mol. The number of carbonyl (C=O) groups is 2. The number of benzene rings is 2. The van der Waals surface area contributed by atoms with Gasteiger partial charge in [-0.05, 0) is 42.7 Å². The van der Waals surface area contributed by atoms with Crippen LogP contribution in [0.3, 0.4) is 0 Å². The first kappa shape index (κ1) is 18.8. The highest BCUT2D eigenvalue weighted by Gasteiger charge is 2.30. The highest BCUT2D eigenvalue weighted by Crippen LogP contribution is 2.16. The van der Waals surface area contributed by atoms with Crippen LogP contribution >= 0.6 is 0 Å². The monoisotopic (exact) mass is 367 g/mol. The molecule has 0 saturated carbocycles. The van der Waals surface area contributed by atoms with Gasteiger partial charge >= 0.3 is 6.03 Å². The lowest BCUT2D eigenvalue weighted by Gasteiger charge is -2.17. The summed E-state index contributed by atoms with van der Waals surface area (Å²) in [7, 11) is 1.64. The predicted octanol–water partition coefficient (Wildman–Crippen LogP) is 2.97. The van der Waals surface area contributed by atoms with Gasteiger partial charge in [0.2, 0.25) is 5.91 Å². The zero-order valence-corrected chi connectivity index (χ0v) is 15.7. The first-order valence-corrected chi connectivity index (χ1v) is 9.09. The van der Waals surface area contributed by atoms with Crippen molar-refractivity contribution in [3.63, 3.8) is 0 Å². The minimum atomic E-state index is -0.279. The van der Waals surface area contributed by atoms with Crippen LogP contribution in [0.4, 0.5) is 10.5 Å². The number of ether oxygens (including phenoxy) is 1. The molecule has 1 unspecified atom stereocenters. The van der Waals surface area contributed by atoms with Gasteiger partial charge < -0.3 is 20.3 Å². The van der Waals surface area contributed by atoms with E-state index in [-0.39, 0.29) is 18.0 Å². The molecule has 1 fully saturated rings. The molecule has 2 aromatic rings. The third-order valence-electron chi connectivity index (χ3n) is 4.77. The van der Waals surface area contributed by atoms with Gasteiger partial charge in [0.25, 0.3) is 0 Å². The number of hydrogen-bond donors (Lipinski definition) is 2. The number of nitrogens with zero attached hydrogens (tertiary/aromatic N) is 1. The Morgan fingerprint density at radius 3 is 2.63 bits per heavy atom. The van der Waals surface area contributed by atoms with Crippen LogP contribution in [-0.4, -0.2) is 43.1 Å². The van der Waals surface area contributed by atoms with Gasteiger partial charge in [0.1, 0.15) is 5.75 Å². The summed E-state index contributed by atoms with van der Waals surface area (Å²) in [5.41, 5.74) is 2.92. The largest absolute Gasteiger partial charge is 0.497 e. The number of hydrogen-bond acceptors (Lipinski definition) is 3. The Hall–Kier alpha value is -3.02. The summed E-state index contributed by atoms with van der Waals surface area (Å²) >= 11 is 0. The SMILES string of the molecule is COc1ccc(CCN2CC(NC(=O)Nc3ccccc3C)CC2=O)cc1. The third-order valence-corrected chi connectivity index (χ3v) is 4.77. The van der Waals surface area contributed by atoms with Crippen molar-refractivity contribution in [1.82, 2.24) is 10.2 Å². The van der Waals surface area contributed by atoms with Gasteiger partial charge in [-0.2, -0.15) is 0 Å². The van der Waals surface area contributed by atoms with Crippen LogP contribution in [0.5, 0.6) is 5.75 Å². The Morgan fingerprint density at radius 1 is 1.19 bits per heavy atom. The molecule has 27 heavy (non-hydrogen) atoms. The van der Waals surface area contributed by atoms with Crippen molar-refractivity contribution in [2.45, 2.75) is 25.8 Å². The second-order valence-corrected chi connectivity index (χ2v) is 6.75. The molecule has 1 saturated heterocycles. The molecule has 3 amide bonds. The lowest BCUT2D eigenvalue weighted by Crippen LogP contribution is -2.40. The second kappa shape index (κ2) is 8.58. The maximum absolute atomic E-state index is 12.2. The Labute approximate surface area is 159 Å². The standard InChI is InChI=1S/C21H25N3O3/c1-15-5-3-4-6-19(15)23-21(26)22-17-13-20(25)24(14-17)12-11-16-7-9-18(27-2)10-8-16/h3-10,17H,11-14H2,1-2H3,(H2,22,23,26). The first-order chi connectivity index (χ1) is 13.0.